The number of guanidine groups is 1. The Labute approximate surface area is 159 Å². The molecule has 23 heavy (non-hydrogen) atoms. The summed E-state index contributed by atoms with van der Waals surface area (Å²) in [5, 5.41) is 3.60. The third kappa shape index (κ3) is 5.48. The van der Waals surface area contributed by atoms with E-state index in [-0.39, 0.29) is 24.0 Å². The van der Waals surface area contributed by atoms with Crippen LogP contribution < -0.4 is 5.32 Å². The third-order valence-corrected chi connectivity index (χ3v) is 5.87. The van der Waals surface area contributed by atoms with Gasteiger partial charge in [-0.2, -0.15) is 0 Å². The first-order valence-electron chi connectivity index (χ1n) is 9.55. The maximum Gasteiger partial charge on any atom is 0.193 e. The van der Waals surface area contributed by atoms with Gasteiger partial charge in [0.25, 0.3) is 0 Å². The molecule has 2 aliphatic heterocycles. The minimum Gasteiger partial charge on any atom is -0.356 e. The number of hydrogen-bond donors (Lipinski definition) is 1. The molecule has 3 aliphatic rings. The molecule has 4 nitrogen and oxygen atoms in total. The summed E-state index contributed by atoms with van der Waals surface area (Å²) in [7, 11) is 1.94. The van der Waals surface area contributed by atoms with E-state index in [1.54, 1.807) is 0 Å². The zero-order valence-electron chi connectivity index (χ0n) is 14.8. The van der Waals surface area contributed by atoms with E-state index >= 15 is 0 Å². The van der Waals surface area contributed by atoms with Gasteiger partial charge in [-0.05, 0) is 70.0 Å². The van der Waals surface area contributed by atoms with E-state index in [9.17, 15) is 0 Å². The molecule has 0 bridgehead atoms. The summed E-state index contributed by atoms with van der Waals surface area (Å²) in [6, 6.07) is 0. The van der Waals surface area contributed by atoms with Crippen molar-refractivity contribution in [3.05, 3.63) is 0 Å². The van der Waals surface area contributed by atoms with Crippen molar-refractivity contribution in [1.82, 2.24) is 15.1 Å². The lowest BCUT2D eigenvalue weighted by atomic mass is 9.82. The normalized spacial score (nSPS) is 28.6. The number of fused-ring (bicyclic) bond motifs is 1. The second-order valence-electron chi connectivity index (χ2n) is 7.44. The summed E-state index contributed by atoms with van der Waals surface area (Å²) in [6.45, 7) is 7.48. The molecule has 0 aromatic heterocycles. The lowest BCUT2D eigenvalue weighted by Gasteiger charge is -2.22. The molecule has 0 amide bonds. The van der Waals surface area contributed by atoms with Crippen molar-refractivity contribution >= 4 is 29.9 Å². The Bertz CT molecular complexity index is 354. The minimum atomic E-state index is 0. The van der Waals surface area contributed by atoms with Crippen LogP contribution in [-0.2, 0) is 0 Å². The Morgan fingerprint density at radius 1 is 1.00 bits per heavy atom. The number of hydrogen-bond acceptors (Lipinski definition) is 2. The summed E-state index contributed by atoms with van der Waals surface area (Å²) in [6.07, 6.45) is 11.1. The molecule has 0 radical (unpaired) electrons. The van der Waals surface area contributed by atoms with Crippen LogP contribution in [0.25, 0.3) is 0 Å². The Morgan fingerprint density at radius 3 is 2.26 bits per heavy atom. The topological polar surface area (TPSA) is 30.9 Å². The van der Waals surface area contributed by atoms with Crippen molar-refractivity contribution < 1.29 is 0 Å². The van der Waals surface area contributed by atoms with Gasteiger partial charge < -0.3 is 15.1 Å². The van der Waals surface area contributed by atoms with Gasteiger partial charge in [0.05, 0.1) is 0 Å². The van der Waals surface area contributed by atoms with Gasteiger partial charge in [-0.25, -0.2) is 0 Å². The number of unbranched alkanes of at least 4 members (excludes halogenated alkanes) is 1. The molecule has 1 saturated carbocycles. The van der Waals surface area contributed by atoms with Crippen LogP contribution in [0.5, 0.6) is 0 Å². The summed E-state index contributed by atoms with van der Waals surface area (Å²) in [5.41, 5.74) is 0. The predicted molar refractivity (Wildman–Crippen MR) is 109 cm³/mol. The van der Waals surface area contributed by atoms with Gasteiger partial charge in [0.15, 0.2) is 5.96 Å². The van der Waals surface area contributed by atoms with Crippen molar-refractivity contribution in [2.45, 2.75) is 51.4 Å². The van der Waals surface area contributed by atoms with Crippen LogP contribution in [0, 0.1) is 11.8 Å². The Morgan fingerprint density at radius 2 is 1.65 bits per heavy atom. The maximum atomic E-state index is 4.52. The van der Waals surface area contributed by atoms with E-state index in [0.717, 1.165) is 24.3 Å². The van der Waals surface area contributed by atoms with E-state index in [1.807, 2.05) is 7.05 Å². The second-order valence-corrected chi connectivity index (χ2v) is 7.44. The van der Waals surface area contributed by atoms with Gasteiger partial charge in [0, 0.05) is 26.7 Å². The molecule has 2 atom stereocenters. The Hall–Kier alpha value is -0.0400. The number of rotatable bonds is 5. The molecule has 1 aliphatic carbocycles. The molecule has 1 N–H and O–H groups in total. The zero-order chi connectivity index (χ0) is 15.2. The van der Waals surface area contributed by atoms with E-state index in [0.29, 0.717) is 0 Å². The fraction of sp³-hybridized carbons (Fsp3) is 0.944. The first-order valence-corrected chi connectivity index (χ1v) is 9.55. The van der Waals surface area contributed by atoms with Crippen LogP contribution in [0.1, 0.15) is 51.4 Å². The Kier molecular flexibility index (Phi) is 8.44. The van der Waals surface area contributed by atoms with E-state index < -0.39 is 0 Å². The van der Waals surface area contributed by atoms with Gasteiger partial charge in [-0.3, -0.25) is 4.99 Å². The van der Waals surface area contributed by atoms with Crippen LogP contribution in [0.2, 0.25) is 0 Å². The minimum absolute atomic E-state index is 0. The molecule has 2 unspecified atom stereocenters. The Balaban J connectivity index is 0.00000192. The number of nitrogens with zero attached hydrogens (tertiary/aromatic N) is 3. The van der Waals surface area contributed by atoms with Crippen LogP contribution in [-0.4, -0.2) is 62.1 Å². The van der Waals surface area contributed by atoms with Gasteiger partial charge in [-0.1, -0.05) is 12.8 Å². The van der Waals surface area contributed by atoms with Crippen molar-refractivity contribution in [2.24, 2.45) is 16.8 Å². The smallest absolute Gasteiger partial charge is 0.193 e. The average Bonchev–Trinajstić information content (AvgIpc) is 3.19. The first-order chi connectivity index (χ1) is 10.9. The number of nitrogens with one attached hydrogen (secondary N) is 1. The monoisotopic (exact) mass is 434 g/mol. The van der Waals surface area contributed by atoms with Gasteiger partial charge >= 0.3 is 0 Å². The van der Waals surface area contributed by atoms with Gasteiger partial charge in [0.1, 0.15) is 0 Å². The highest BCUT2D eigenvalue weighted by molar-refractivity contribution is 14.0. The zero-order valence-corrected chi connectivity index (χ0v) is 17.1. The fourth-order valence-electron chi connectivity index (χ4n) is 4.58. The quantitative estimate of drug-likeness (QED) is 0.312. The standard InChI is InChI=1S/C18H34N4.HI/c1-19-18(20-10-4-5-11-21-12-6-7-13-21)22-14-16-8-2-3-9-17(16)15-22;/h16-17H,2-15H2,1H3,(H,19,20);1H. The molecule has 2 heterocycles. The van der Waals surface area contributed by atoms with Crippen molar-refractivity contribution in [2.75, 3.05) is 46.3 Å². The highest BCUT2D eigenvalue weighted by Crippen LogP contribution is 2.35. The number of halogens is 1. The van der Waals surface area contributed by atoms with Crippen LogP contribution in [0.3, 0.4) is 0 Å². The predicted octanol–water partition coefficient (Wildman–Crippen LogP) is 3.18. The maximum absolute atomic E-state index is 4.52. The lowest BCUT2D eigenvalue weighted by molar-refractivity contribution is 0.299. The summed E-state index contributed by atoms with van der Waals surface area (Å²) in [4.78, 5) is 9.65. The molecule has 134 valence electrons. The molecule has 2 saturated heterocycles. The second kappa shape index (κ2) is 10.1. The average molecular weight is 434 g/mol. The summed E-state index contributed by atoms with van der Waals surface area (Å²) in [5.74, 6) is 3.01. The lowest BCUT2D eigenvalue weighted by Crippen LogP contribution is -2.40. The third-order valence-electron chi connectivity index (χ3n) is 5.87. The van der Waals surface area contributed by atoms with Crippen molar-refractivity contribution in [3.63, 3.8) is 0 Å². The van der Waals surface area contributed by atoms with Crippen molar-refractivity contribution in [3.8, 4) is 0 Å². The van der Waals surface area contributed by atoms with Crippen molar-refractivity contribution in [1.29, 1.82) is 0 Å². The van der Waals surface area contributed by atoms with E-state index in [2.05, 4.69) is 20.1 Å². The highest BCUT2D eigenvalue weighted by atomic mass is 127. The molecule has 0 aromatic rings. The molecule has 3 fully saturated rings. The van der Waals surface area contributed by atoms with E-state index in [1.165, 1.54) is 84.1 Å². The fourth-order valence-corrected chi connectivity index (χ4v) is 4.58. The highest BCUT2D eigenvalue weighted by Gasteiger charge is 2.35. The van der Waals surface area contributed by atoms with Gasteiger partial charge in [-0.15, -0.1) is 24.0 Å². The molecule has 0 spiro atoms. The largest absolute Gasteiger partial charge is 0.356 e. The van der Waals surface area contributed by atoms with Crippen LogP contribution in [0.15, 0.2) is 4.99 Å². The van der Waals surface area contributed by atoms with Crippen LogP contribution in [0.4, 0.5) is 0 Å². The molecular weight excluding hydrogens is 399 g/mol. The molecule has 3 rings (SSSR count). The molecule has 0 aromatic carbocycles. The molecular formula is C18H35IN4. The summed E-state index contributed by atoms with van der Waals surface area (Å²) < 4.78 is 0. The van der Waals surface area contributed by atoms with Gasteiger partial charge in [0.2, 0.25) is 0 Å². The number of aliphatic imine (C=N–C) groups is 1. The first kappa shape index (κ1) is 19.3. The van der Waals surface area contributed by atoms with E-state index in [4.69, 9.17) is 0 Å². The summed E-state index contributed by atoms with van der Waals surface area (Å²) >= 11 is 0. The SMILES string of the molecule is CN=C(NCCCCN1CCCC1)N1CC2CCCCC2C1.I. The number of likely N-dealkylation sites (tertiary alicyclic amines) is 2. The molecule has 5 heteroatoms. The van der Waals surface area contributed by atoms with Crippen LogP contribution >= 0.6 is 24.0 Å².